The van der Waals surface area contributed by atoms with E-state index in [4.69, 9.17) is 9.47 Å². The van der Waals surface area contributed by atoms with Gasteiger partial charge in [0.05, 0.1) is 13.2 Å². The quantitative estimate of drug-likeness (QED) is 0.0600. The van der Waals surface area contributed by atoms with Gasteiger partial charge in [-0.15, -0.1) is 0 Å². The van der Waals surface area contributed by atoms with Gasteiger partial charge >= 0.3 is 11.9 Å². The molecular weight excluding hydrogens is 496 g/mol. The van der Waals surface area contributed by atoms with Gasteiger partial charge in [0.2, 0.25) is 0 Å². The Morgan fingerprint density at radius 3 is 0.875 bits per heavy atom. The fourth-order valence-electron chi connectivity index (χ4n) is 5.24. The molecule has 0 unspecified atom stereocenters. The van der Waals surface area contributed by atoms with Crippen LogP contribution in [0.3, 0.4) is 0 Å². The van der Waals surface area contributed by atoms with Crippen LogP contribution in [0, 0.1) is 5.92 Å². The second-order valence-electron chi connectivity index (χ2n) is 12.5. The van der Waals surface area contributed by atoms with Gasteiger partial charge in [0, 0.05) is 18.8 Å². The van der Waals surface area contributed by atoms with Crippen LogP contribution in [-0.4, -0.2) is 25.2 Å². The highest BCUT2D eigenvalue weighted by molar-refractivity contribution is 5.69. The van der Waals surface area contributed by atoms with Crippen molar-refractivity contribution in [1.29, 1.82) is 0 Å². The molecule has 0 fully saturated rings. The molecule has 4 nitrogen and oxygen atoms in total. The largest absolute Gasteiger partial charge is 0.465 e. The van der Waals surface area contributed by atoms with E-state index < -0.39 is 0 Å². The zero-order valence-electron chi connectivity index (χ0n) is 27.4. The first-order valence-corrected chi connectivity index (χ1v) is 17.9. The predicted molar refractivity (Wildman–Crippen MR) is 172 cm³/mol. The number of ether oxygens (including phenoxy) is 2. The maximum Gasteiger partial charge on any atom is 0.305 e. The first-order chi connectivity index (χ1) is 19.6. The second kappa shape index (κ2) is 32.5. The zero-order chi connectivity index (χ0) is 29.4. The molecular formula is C36H70O4. The summed E-state index contributed by atoms with van der Waals surface area (Å²) in [5.41, 5.74) is 0. The number of hydrogen-bond donors (Lipinski definition) is 0. The molecule has 0 aliphatic heterocycles. The van der Waals surface area contributed by atoms with Gasteiger partial charge in [0.25, 0.3) is 0 Å². The maximum absolute atomic E-state index is 12.0. The lowest BCUT2D eigenvalue weighted by atomic mass is 10.0. The number of unbranched alkanes of at least 4 members (excludes halogenated alkanes) is 24. The van der Waals surface area contributed by atoms with Crippen molar-refractivity contribution >= 4 is 11.9 Å². The van der Waals surface area contributed by atoms with Crippen molar-refractivity contribution < 1.29 is 19.1 Å². The highest BCUT2D eigenvalue weighted by Gasteiger charge is 2.10. The van der Waals surface area contributed by atoms with Gasteiger partial charge in [0.1, 0.15) is 0 Å². The van der Waals surface area contributed by atoms with Crippen molar-refractivity contribution in [3.8, 4) is 0 Å². The lowest BCUT2D eigenvalue weighted by molar-refractivity contribution is -0.148. The number of carbonyl (C=O) groups excluding carboxylic acids is 2. The summed E-state index contributed by atoms with van der Waals surface area (Å²) in [4.78, 5) is 24.0. The van der Waals surface area contributed by atoms with Gasteiger partial charge < -0.3 is 9.47 Å². The second-order valence-corrected chi connectivity index (χ2v) is 12.5. The van der Waals surface area contributed by atoms with Crippen molar-refractivity contribution in [3.63, 3.8) is 0 Å². The van der Waals surface area contributed by atoms with Crippen LogP contribution >= 0.6 is 0 Å². The molecule has 0 heterocycles. The summed E-state index contributed by atoms with van der Waals surface area (Å²) in [5, 5.41) is 0. The van der Waals surface area contributed by atoms with Crippen LogP contribution in [-0.2, 0) is 19.1 Å². The molecule has 0 bridgehead atoms. The molecule has 0 aromatic heterocycles. The van der Waals surface area contributed by atoms with Crippen molar-refractivity contribution in [2.24, 2.45) is 5.92 Å². The molecule has 4 heteroatoms. The number of rotatable bonds is 32. The summed E-state index contributed by atoms with van der Waals surface area (Å²) in [7, 11) is 0. The normalized spacial score (nSPS) is 11.3. The topological polar surface area (TPSA) is 52.6 Å². The van der Waals surface area contributed by atoms with Crippen LogP contribution in [0.25, 0.3) is 0 Å². The van der Waals surface area contributed by atoms with Crippen LogP contribution in [0.4, 0.5) is 0 Å². The molecule has 0 aliphatic rings. The summed E-state index contributed by atoms with van der Waals surface area (Å²) in [5.74, 6) is -0.187. The lowest BCUT2D eigenvalue weighted by Gasteiger charge is -2.13. The van der Waals surface area contributed by atoms with E-state index in [-0.39, 0.29) is 17.9 Å². The first kappa shape index (κ1) is 38.9. The van der Waals surface area contributed by atoms with Crippen LogP contribution in [0.1, 0.15) is 201 Å². The minimum atomic E-state index is -0.117. The Morgan fingerprint density at radius 1 is 0.400 bits per heavy atom. The molecule has 0 rings (SSSR count). The third kappa shape index (κ3) is 31.5. The van der Waals surface area contributed by atoms with Gasteiger partial charge in [-0.05, 0) is 12.8 Å². The smallest absolute Gasteiger partial charge is 0.305 e. The average Bonchev–Trinajstić information content (AvgIpc) is 2.95. The predicted octanol–water partition coefficient (Wildman–Crippen LogP) is 11.7. The number of hydrogen-bond acceptors (Lipinski definition) is 4. The van der Waals surface area contributed by atoms with Gasteiger partial charge in [-0.25, -0.2) is 0 Å². The van der Waals surface area contributed by atoms with Crippen LogP contribution in [0.15, 0.2) is 0 Å². The third-order valence-corrected chi connectivity index (χ3v) is 8.03. The monoisotopic (exact) mass is 567 g/mol. The van der Waals surface area contributed by atoms with Gasteiger partial charge in [-0.1, -0.05) is 175 Å². The van der Waals surface area contributed by atoms with Crippen LogP contribution < -0.4 is 0 Å². The fraction of sp³-hybridized carbons (Fsp3) is 0.944. The molecule has 0 amide bonds. The summed E-state index contributed by atoms with van der Waals surface area (Å²) in [6, 6.07) is 0. The Bertz CT molecular complexity index is 487. The number of carbonyl (C=O) groups is 2. The first-order valence-electron chi connectivity index (χ1n) is 17.9. The average molecular weight is 567 g/mol. The van der Waals surface area contributed by atoms with Crippen molar-refractivity contribution in [2.45, 2.75) is 201 Å². The Hall–Kier alpha value is -1.06. The molecule has 0 radical (unpaired) electrons. The Morgan fingerprint density at radius 2 is 0.625 bits per heavy atom. The third-order valence-electron chi connectivity index (χ3n) is 8.03. The minimum absolute atomic E-state index is 0.0474. The van der Waals surface area contributed by atoms with Crippen molar-refractivity contribution in [1.82, 2.24) is 0 Å². The molecule has 0 spiro atoms. The molecule has 0 N–H and O–H groups in total. The minimum Gasteiger partial charge on any atom is -0.465 e. The molecule has 238 valence electrons. The van der Waals surface area contributed by atoms with E-state index in [0.717, 1.165) is 25.7 Å². The zero-order valence-corrected chi connectivity index (χ0v) is 27.4. The molecule has 0 saturated heterocycles. The molecule has 0 aromatic rings. The Labute approximate surface area is 250 Å². The van der Waals surface area contributed by atoms with Gasteiger partial charge in [-0.2, -0.15) is 0 Å². The molecule has 40 heavy (non-hydrogen) atoms. The fourth-order valence-corrected chi connectivity index (χ4v) is 5.24. The van der Waals surface area contributed by atoms with Crippen molar-refractivity contribution in [3.05, 3.63) is 0 Å². The molecule has 0 aromatic carbocycles. The molecule has 0 atom stereocenters. The van der Waals surface area contributed by atoms with E-state index in [1.165, 1.54) is 141 Å². The lowest BCUT2D eigenvalue weighted by Crippen LogP contribution is -2.18. The van der Waals surface area contributed by atoms with E-state index in [9.17, 15) is 9.59 Å². The van der Waals surface area contributed by atoms with E-state index >= 15 is 0 Å². The van der Waals surface area contributed by atoms with E-state index in [0.29, 0.717) is 26.1 Å². The SMILES string of the molecule is CCCCCCCCCCCCCCCC(=O)OCC(C)COC(=O)CCCCCCCCCCCCCCC. The van der Waals surface area contributed by atoms with Crippen LogP contribution in [0.2, 0.25) is 0 Å². The highest BCUT2D eigenvalue weighted by Crippen LogP contribution is 2.15. The van der Waals surface area contributed by atoms with Crippen molar-refractivity contribution in [2.75, 3.05) is 13.2 Å². The van der Waals surface area contributed by atoms with E-state index in [1.54, 1.807) is 0 Å². The summed E-state index contributed by atoms with van der Waals surface area (Å²) in [6.07, 6.45) is 34.9. The van der Waals surface area contributed by atoms with Crippen LogP contribution in [0.5, 0.6) is 0 Å². The van der Waals surface area contributed by atoms with Gasteiger partial charge in [-0.3, -0.25) is 9.59 Å². The summed E-state index contributed by atoms with van der Waals surface area (Å²) < 4.78 is 10.8. The molecule has 0 saturated carbocycles. The van der Waals surface area contributed by atoms with Gasteiger partial charge in [0.15, 0.2) is 0 Å². The number of esters is 2. The Balaban J connectivity index is 3.39. The Kier molecular flexibility index (Phi) is 31.6. The standard InChI is InChI=1S/C36H70O4/c1-4-6-8-10-12-14-16-18-20-22-24-26-28-30-35(37)39-32-34(3)33-40-36(38)31-29-27-25-23-21-19-17-15-13-11-9-7-5-2/h34H,4-33H2,1-3H3. The van der Waals surface area contributed by atoms with E-state index in [1.807, 2.05) is 6.92 Å². The summed E-state index contributed by atoms with van der Waals surface area (Å²) >= 11 is 0. The maximum atomic E-state index is 12.0. The summed E-state index contributed by atoms with van der Waals surface area (Å²) in [6.45, 7) is 7.18. The highest BCUT2D eigenvalue weighted by atomic mass is 16.5. The van der Waals surface area contributed by atoms with E-state index in [2.05, 4.69) is 13.8 Å². The molecule has 0 aliphatic carbocycles.